The van der Waals surface area contributed by atoms with Crippen LogP contribution in [0.25, 0.3) is 0 Å². The Morgan fingerprint density at radius 2 is 1.89 bits per heavy atom. The molecular formula is C14H21NO3. The van der Waals surface area contributed by atoms with E-state index in [1.54, 1.807) is 0 Å². The lowest BCUT2D eigenvalue weighted by Gasteiger charge is -2.28. The van der Waals surface area contributed by atoms with E-state index in [0.29, 0.717) is 13.1 Å². The number of hydrogen-bond donors (Lipinski definition) is 2. The Hall–Kier alpha value is -1.39. The van der Waals surface area contributed by atoms with Crippen molar-refractivity contribution in [3.05, 3.63) is 35.9 Å². The lowest BCUT2D eigenvalue weighted by molar-refractivity contribution is -0.139. The predicted octanol–water partition coefficient (Wildman–Crippen LogP) is 1.56. The molecule has 1 rings (SSSR count). The van der Waals surface area contributed by atoms with Gasteiger partial charge in [0.25, 0.3) is 0 Å². The predicted molar refractivity (Wildman–Crippen MR) is 70.6 cm³/mol. The molecular weight excluding hydrogens is 230 g/mol. The first-order valence-corrected chi connectivity index (χ1v) is 6.19. The molecule has 0 amide bonds. The van der Waals surface area contributed by atoms with Crippen molar-refractivity contribution in [2.24, 2.45) is 0 Å². The fourth-order valence-electron chi connectivity index (χ4n) is 1.93. The van der Waals surface area contributed by atoms with E-state index in [2.05, 4.69) is 0 Å². The molecule has 0 heterocycles. The minimum Gasteiger partial charge on any atom is -0.481 e. The molecule has 0 aliphatic carbocycles. The van der Waals surface area contributed by atoms with Crippen molar-refractivity contribution < 1.29 is 15.0 Å². The van der Waals surface area contributed by atoms with Gasteiger partial charge in [-0.1, -0.05) is 30.3 Å². The molecule has 0 saturated carbocycles. The molecule has 18 heavy (non-hydrogen) atoms. The molecule has 2 N–H and O–H groups in total. The molecule has 0 aliphatic rings. The van der Waals surface area contributed by atoms with Crippen LogP contribution in [0.15, 0.2) is 30.3 Å². The van der Waals surface area contributed by atoms with E-state index in [0.717, 1.165) is 5.56 Å². The smallest absolute Gasteiger partial charge is 0.312 e. The SMILES string of the molecule is CC(C)N(CCO)CC(C(=O)O)c1ccccc1. The topological polar surface area (TPSA) is 60.8 Å². The van der Waals surface area contributed by atoms with Gasteiger partial charge in [-0.25, -0.2) is 0 Å². The van der Waals surface area contributed by atoms with Crippen LogP contribution in [-0.2, 0) is 4.79 Å². The van der Waals surface area contributed by atoms with E-state index in [1.807, 2.05) is 49.1 Å². The Labute approximate surface area is 108 Å². The molecule has 0 saturated heterocycles. The van der Waals surface area contributed by atoms with Crippen molar-refractivity contribution in [2.75, 3.05) is 19.7 Å². The maximum absolute atomic E-state index is 11.4. The Morgan fingerprint density at radius 1 is 1.28 bits per heavy atom. The highest BCUT2D eigenvalue weighted by Gasteiger charge is 2.23. The summed E-state index contributed by atoms with van der Waals surface area (Å²) in [5.74, 6) is -1.38. The average molecular weight is 251 g/mol. The number of carbonyl (C=O) groups is 1. The molecule has 1 aromatic rings. The first kappa shape index (κ1) is 14.7. The van der Waals surface area contributed by atoms with Crippen molar-refractivity contribution in [3.8, 4) is 0 Å². The third-order valence-corrected chi connectivity index (χ3v) is 3.03. The maximum atomic E-state index is 11.4. The largest absolute Gasteiger partial charge is 0.481 e. The third-order valence-electron chi connectivity index (χ3n) is 3.03. The molecule has 100 valence electrons. The highest BCUT2D eigenvalue weighted by Crippen LogP contribution is 2.18. The molecule has 4 heteroatoms. The van der Waals surface area contributed by atoms with Crippen molar-refractivity contribution >= 4 is 5.97 Å². The standard InChI is InChI=1S/C14H21NO3/c1-11(2)15(8-9-16)10-13(14(17)18)12-6-4-3-5-7-12/h3-7,11,13,16H,8-10H2,1-2H3,(H,17,18). The van der Waals surface area contributed by atoms with Gasteiger partial charge in [-0.15, -0.1) is 0 Å². The van der Waals surface area contributed by atoms with Crippen LogP contribution >= 0.6 is 0 Å². The van der Waals surface area contributed by atoms with E-state index >= 15 is 0 Å². The Balaban J connectivity index is 2.83. The minimum absolute atomic E-state index is 0.0410. The van der Waals surface area contributed by atoms with Gasteiger partial charge in [-0.05, 0) is 19.4 Å². The van der Waals surface area contributed by atoms with E-state index in [9.17, 15) is 9.90 Å². The zero-order valence-electron chi connectivity index (χ0n) is 10.9. The Kier molecular flexibility index (Phi) is 5.82. The Morgan fingerprint density at radius 3 is 2.33 bits per heavy atom. The molecule has 0 fully saturated rings. The number of carboxylic acid groups (broad SMARTS) is 1. The highest BCUT2D eigenvalue weighted by atomic mass is 16.4. The normalized spacial score (nSPS) is 12.9. The first-order chi connectivity index (χ1) is 8.56. The number of hydrogen-bond acceptors (Lipinski definition) is 3. The van der Waals surface area contributed by atoms with E-state index in [4.69, 9.17) is 5.11 Å². The molecule has 0 radical (unpaired) electrons. The average Bonchev–Trinajstić information content (AvgIpc) is 2.34. The van der Waals surface area contributed by atoms with Gasteiger partial charge >= 0.3 is 5.97 Å². The van der Waals surface area contributed by atoms with Crippen molar-refractivity contribution in [1.29, 1.82) is 0 Å². The summed E-state index contributed by atoms with van der Waals surface area (Å²) >= 11 is 0. The van der Waals surface area contributed by atoms with Crippen LogP contribution in [0.2, 0.25) is 0 Å². The molecule has 0 aliphatic heterocycles. The van der Waals surface area contributed by atoms with Crippen molar-refractivity contribution in [2.45, 2.75) is 25.8 Å². The molecule has 0 aromatic heterocycles. The summed E-state index contributed by atoms with van der Waals surface area (Å²) in [6, 6.07) is 9.43. The molecule has 4 nitrogen and oxygen atoms in total. The summed E-state index contributed by atoms with van der Waals surface area (Å²) in [4.78, 5) is 13.4. The van der Waals surface area contributed by atoms with Crippen LogP contribution < -0.4 is 0 Å². The monoisotopic (exact) mass is 251 g/mol. The summed E-state index contributed by atoms with van der Waals surface area (Å²) in [5, 5.41) is 18.4. The van der Waals surface area contributed by atoms with Crippen LogP contribution in [0.1, 0.15) is 25.3 Å². The van der Waals surface area contributed by atoms with Gasteiger partial charge in [-0.3, -0.25) is 9.69 Å². The summed E-state index contributed by atoms with van der Waals surface area (Å²) in [5.41, 5.74) is 0.800. The summed E-state index contributed by atoms with van der Waals surface area (Å²) in [6.45, 7) is 4.95. The van der Waals surface area contributed by atoms with Crippen LogP contribution in [0.4, 0.5) is 0 Å². The van der Waals surface area contributed by atoms with Crippen LogP contribution in [0.5, 0.6) is 0 Å². The molecule has 0 bridgehead atoms. The fourth-order valence-corrected chi connectivity index (χ4v) is 1.93. The summed E-state index contributed by atoms with van der Waals surface area (Å²) in [6.07, 6.45) is 0. The number of rotatable bonds is 7. The van der Waals surface area contributed by atoms with Gasteiger partial charge in [0.05, 0.1) is 12.5 Å². The highest BCUT2D eigenvalue weighted by molar-refractivity contribution is 5.76. The number of nitrogens with zero attached hydrogens (tertiary/aromatic N) is 1. The lowest BCUT2D eigenvalue weighted by Crippen LogP contribution is -2.38. The molecule has 1 unspecified atom stereocenters. The third kappa shape index (κ3) is 4.13. The lowest BCUT2D eigenvalue weighted by atomic mass is 9.98. The first-order valence-electron chi connectivity index (χ1n) is 6.19. The van der Waals surface area contributed by atoms with Crippen molar-refractivity contribution in [1.82, 2.24) is 4.90 Å². The van der Waals surface area contributed by atoms with Crippen LogP contribution in [0.3, 0.4) is 0 Å². The minimum atomic E-state index is -0.829. The second-order valence-corrected chi connectivity index (χ2v) is 4.61. The van der Waals surface area contributed by atoms with Gasteiger partial charge < -0.3 is 10.2 Å². The van der Waals surface area contributed by atoms with Gasteiger partial charge in [-0.2, -0.15) is 0 Å². The number of carboxylic acids is 1. The second-order valence-electron chi connectivity index (χ2n) is 4.61. The van der Waals surface area contributed by atoms with Gasteiger partial charge in [0.1, 0.15) is 0 Å². The Bertz CT molecular complexity index is 365. The molecule has 1 atom stereocenters. The van der Waals surface area contributed by atoms with Crippen LogP contribution in [-0.4, -0.2) is 46.8 Å². The van der Waals surface area contributed by atoms with Crippen LogP contribution in [0, 0.1) is 0 Å². The second kappa shape index (κ2) is 7.13. The maximum Gasteiger partial charge on any atom is 0.312 e. The van der Waals surface area contributed by atoms with Gasteiger partial charge in [0.15, 0.2) is 0 Å². The summed E-state index contributed by atoms with van der Waals surface area (Å²) in [7, 11) is 0. The van der Waals surface area contributed by atoms with Gasteiger partial charge in [0, 0.05) is 19.1 Å². The van der Waals surface area contributed by atoms with E-state index in [1.165, 1.54) is 0 Å². The number of benzene rings is 1. The van der Waals surface area contributed by atoms with Gasteiger partial charge in [0.2, 0.25) is 0 Å². The quantitative estimate of drug-likeness (QED) is 0.772. The zero-order chi connectivity index (χ0) is 13.5. The number of aliphatic hydroxyl groups is 1. The zero-order valence-corrected chi connectivity index (χ0v) is 10.9. The number of aliphatic hydroxyl groups excluding tert-OH is 1. The van der Waals surface area contributed by atoms with Crippen molar-refractivity contribution in [3.63, 3.8) is 0 Å². The summed E-state index contributed by atoms with van der Waals surface area (Å²) < 4.78 is 0. The van der Waals surface area contributed by atoms with E-state index in [-0.39, 0.29) is 12.6 Å². The van der Waals surface area contributed by atoms with E-state index < -0.39 is 11.9 Å². The molecule has 1 aromatic carbocycles. The fraction of sp³-hybridized carbons (Fsp3) is 0.500. The number of aliphatic carboxylic acids is 1. The molecule has 0 spiro atoms.